The van der Waals surface area contributed by atoms with Gasteiger partial charge >= 0.3 is 12.0 Å². The number of methoxy groups -OCH3 is 1. The summed E-state index contributed by atoms with van der Waals surface area (Å²) in [6, 6.07) is 6.45. The van der Waals surface area contributed by atoms with Crippen molar-refractivity contribution >= 4 is 17.9 Å². The molecule has 0 bridgehead atoms. The smallest absolute Gasteiger partial charge is 0.321 e. The summed E-state index contributed by atoms with van der Waals surface area (Å²) in [5, 5.41) is 13.0. The number of aliphatic carboxylic acids is 1. The van der Waals surface area contributed by atoms with Crippen LogP contribution in [0.2, 0.25) is 0 Å². The van der Waals surface area contributed by atoms with E-state index in [1.807, 2.05) is 0 Å². The zero-order valence-electron chi connectivity index (χ0n) is 11.0. The Morgan fingerprint density at radius 1 is 1.25 bits per heavy atom. The molecule has 0 aliphatic carbocycles. The topological polar surface area (TPSA) is 105 Å². The van der Waals surface area contributed by atoms with Crippen molar-refractivity contribution in [3.8, 4) is 5.75 Å². The number of hydrogen-bond acceptors (Lipinski definition) is 4. The Balaban J connectivity index is 2.35. The Hall–Kier alpha value is -2.57. The maximum Gasteiger partial charge on any atom is 0.321 e. The second-order valence-corrected chi connectivity index (χ2v) is 3.98. The van der Waals surface area contributed by atoms with Crippen molar-refractivity contribution in [3.05, 3.63) is 29.8 Å². The van der Waals surface area contributed by atoms with Crippen LogP contribution < -0.4 is 15.4 Å². The number of benzene rings is 1. The number of carboxylic acids is 1. The SMILES string of the molecule is COc1cccc(CNC(=O)NC(=O)CCC(=O)O)c1. The first kappa shape index (κ1) is 15.5. The maximum absolute atomic E-state index is 11.4. The Morgan fingerprint density at radius 3 is 2.65 bits per heavy atom. The van der Waals surface area contributed by atoms with E-state index in [4.69, 9.17) is 9.84 Å². The van der Waals surface area contributed by atoms with Gasteiger partial charge in [-0.2, -0.15) is 0 Å². The maximum atomic E-state index is 11.4. The van der Waals surface area contributed by atoms with Crippen molar-refractivity contribution in [1.29, 1.82) is 0 Å². The molecule has 0 aliphatic rings. The fourth-order valence-corrected chi connectivity index (χ4v) is 1.42. The standard InChI is InChI=1S/C13H16N2O5/c1-20-10-4-2-3-9(7-10)8-14-13(19)15-11(16)5-6-12(17)18/h2-4,7H,5-6,8H2,1H3,(H,17,18)(H2,14,15,16,19). The monoisotopic (exact) mass is 280 g/mol. The van der Waals surface area contributed by atoms with Crippen LogP contribution in [0.5, 0.6) is 5.75 Å². The summed E-state index contributed by atoms with van der Waals surface area (Å²) in [6.07, 6.45) is -0.545. The van der Waals surface area contributed by atoms with E-state index in [1.165, 1.54) is 0 Å². The third-order valence-corrected chi connectivity index (χ3v) is 2.41. The van der Waals surface area contributed by atoms with Crippen LogP contribution in [0.1, 0.15) is 18.4 Å². The Bertz CT molecular complexity index is 501. The first-order valence-corrected chi connectivity index (χ1v) is 5.93. The van der Waals surface area contributed by atoms with Crippen LogP contribution >= 0.6 is 0 Å². The van der Waals surface area contributed by atoms with E-state index in [0.29, 0.717) is 5.75 Å². The Kier molecular flexibility index (Phi) is 6.02. The van der Waals surface area contributed by atoms with E-state index in [1.54, 1.807) is 31.4 Å². The average Bonchev–Trinajstić information content (AvgIpc) is 2.43. The molecule has 3 N–H and O–H groups in total. The zero-order chi connectivity index (χ0) is 15.0. The summed E-state index contributed by atoms with van der Waals surface area (Å²) in [4.78, 5) is 32.9. The molecule has 0 aromatic heterocycles. The number of carbonyl (C=O) groups excluding carboxylic acids is 2. The summed E-state index contributed by atoms with van der Waals surface area (Å²) in [5.74, 6) is -1.05. The zero-order valence-corrected chi connectivity index (χ0v) is 11.0. The van der Waals surface area contributed by atoms with E-state index in [0.717, 1.165) is 5.56 Å². The van der Waals surface area contributed by atoms with Gasteiger partial charge in [-0.3, -0.25) is 14.9 Å². The second-order valence-electron chi connectivity index (χ2n) is 3.98. The highest BCUT2D eigenvalue weighted by Crippen LogP contribution is 2.11. The van der Waals surface area contributed by atoms with Gasteiger partial charge in [-0.15, -0.1) is 0 Å². The Morgan fingerprint density at radius 2 is 2.00 bits per heavy atom. The molecule has 1 rings (SSSR count). The van der Waals surface area contributed by atoms with Crippen LogP contribution in [0.4, 0.5) is 4.79 Å². The minimum absolute atomic E-state index is 0.231. The van der Waals surface area contributed by atoms with Crippen LogP contribution in [-0.4, -0.2) is 30.1 Å². The number of ether oxygens (including phenoxy) is 1. The molecule has 0 aliphatic heterocycles. The van der Waals surface area contributed by atoms with Gasteiger partial charge in [0.1, 0.15) is 5.75 Å². The third-order valence-electron chi connectivity index (χ3n) is 2.41. The highest BCUT2D eigenvalue weighted by atomic mass is 16.5. The fourth-order valence-electron chi connectivity index (χ4n) is 1.42. The average molecular weight is 280 g/mol. The molecule has 3 amide bonds. The molecule has 0 spiro atoms. The van der Waals surface area contributed by atoms with E-state index >= 15 is 0 Å². The van der Waals surface area contributed by atoms with Gasteiger partial charge in [0.15, 0.2) is 0 Å². The molecule has 0 radical (unpaired) electrons. The molecule has 1 aromatic rings. The normalized spacial score (nSPS) is 9.65. The van der Waals surface area contributed by atoms with Gasteiger partial charge in [0.05, 0.1) is 13.5 Å². The van der Waals surface area contributed by atoms with Crippen molar-refractivity contribution in [3.63, 3.8) is 0 Å². The first-order chi connectivity index (χ1) is 9.51. The van der Waals surface area contributed by atoms with Gasteiger partial charge < -0.3 is 15.2 Å². The summed E-state index contributed by atoms with van der Waals surface area (Å²) >= 11 is 0. The molecular weight excluding hydrogens is 264 g/mol. The highest BCUT2D eigenvalue weighted by Gasteiger charge is 2.09. The third kappa shape index (κ3) is 5.85. The highest BCUT2D eigenvalue weighted by molar-refractivity contribution is 5.95. The number of amides is 3. The van der Waals surface area contributed by atoms with E-state index < -0.39 is 17.9 Å². The summed E-state index contributed by atoms with van der Waals surface area (Å²) in [5.41, 5.74) is 0.817. The van der Waals surface area contributed by atoms with Crippen molar-refractivity contribution in [2.45, 2.75) is 19.4 Å². The molecule has 20 heavy (non-hydrogen) atoms. The number of imide groups is 1. The lowest BCUT2D eigenvalue weighted by molar-refractivity contribution is -0.138. The van der Waals surface area contributed by atoms with Crippen molar-refractivity contribution in [2.24, 2.45) is 0 Å². The molecular formula is C13H16N2O5. The number of carboxylic acid groups (broad SMARTS) is 1. The predicted octanol–water partition coefficient (Wildman–Crippen LogP) is 0.886. The lowest BCUT2D eigenvalue weighted by Crippen LogP contribution is -2.39. The van der Waals surface area contributed by atoms with Crippen molar-refractivity contribution in [2.75, 3.05) is 7.11 Å². The molecule has 0 fully saturated rings. The predicted molar refractivity (Wildman–Crippen MR) is 70.2 cm³/mol. The Labute approximate surface area is 115 Å². The van der Waals surface area contributed by atoms with Crippen LogP contribution in [0.15, 0.2) is 24.3 Å². The lowest BCUT2D eigenvalue weighted by Gasteiger charge is -2.07. The first-order valence-electron chi connectivity index (χ1n) is 5.93. The van der Waals surface area contributed by atoms with Gasteiger partial charge in [-0.1, -0.05) is 12.1 Å². The number of rotatable bonds is 6. The van der Waals surface area contributed by atoms with Crippen molar-refractivity contribution in [1.82, 2.24) is 10.6 Å². The fraction of sp³-hybridized carbons (Fsp3) is 0.308. The van der Waals surface area contributed by atoms with Crippen molar-refractivity contribution < 1.29 is 24.2 Å². The second kappa shape index (κ2) is 7.78. The minimum atomic E-state index is -1.09. The van der Waals surface area contributed by atoms with Crippen LogP contribution in [-0.2, 0) is 16.1 Å². The molecule has 0 heterocycles. The van der Waals surface area contributed by atoms with Gasteiger partial charge in [0.25, 0.3) is 0 Å². The van der Waals surface area contributed by atoms with Gasteiger partial charge in [0, 0.05) is 13.0 Å². The summed E-state index contributed by atoms with van der Waals surface area (Å²) in [6.45, 7) is 0.231. The number of urea groups is 1. The van der Waals surface area contributed by atoms with Gasteiger partial charge in [-0.25, -0.2) is 4.79 Å². The molecule has 7 nitrogen and oxygen atoms in total. The number of hydrogen-bond donors (Lipinski definition) is 3. The van der Waals surface area contributed by atoms with E-state index in [9.17, 15) is 14.4 Å². The van der Waals surface area contributed by atoms with Gasteiger partial charge in [0.2, 0.25) is 5.91 Å². The van der Waals surface area contributed by atoms with E-state index in [2.05, 4.69) is 10.6 Å². The molecule has 0 atom stereocenters. The molecule has 1 aromatic carbocycles. The molecule has 7 heteroatoms. The van der Waals surface area contributed by atoms with Crippen LogP contribution in [0.3, 0.4) is 0 Å². The van der Waals surface area contributed by atoms with Crippen LogP contribution in [0, 0.1) is 0 Å². The van der Waals surface area contributed by atoms with E-state index in [-0.39, 0.29) is 19.4 Å². The quantitative estimate of drug-likeness (QED) is 0.717. The summed E-state index contributed by atoms with van der Waals surface area (Å²) < 4.78 is 5.04. The summed E-state index contributed by atoms with van der Waals surface area (Å²) in [7, 11) is 1.54. The number of nitrogens with one attached hydrogen (secondary N) is 2. The molecule has 0 saturated carbocycles. The largest absolute Gasteiger partial charge is 0.497 e. The minimum Gasteiger partial charge on any atom is -0.497 e. The lowest BCUT2D eigenvalue weighted by atomic mass is 10.2. The number of carbonyl (C=O) groups is 3. The van der Waals surface area contributed by atoms with Crippen LogP contribution in [0.25, 0.3) is 0 Å². The molecule has 0 unspecified atom stereocenters. The molecule has 108 valence electrons. The van der Waals surface area contributed by atoms with Gasteiger partial charge in [-0.05, 0) is 17.7 Å². The molecule has 0 saturated heterocycles.